The van der Waals surface area contributed by atoms with E-state index in [1.165, 1.54) is 16.8 Å². The molecule has 1 amide bonds. The van der Waals surface area contributed by atoms with E-state index in [0.717, 1.165) is 30.0 Å². The Balaban J connectivity index is 1.87. The van der Waals surface area contributed by atoms with E-state index in [1.807, 2.05) is 32.0 Å². The number of nitro groups is 1. The molecule has 0 radical (unpaired) electrons. The fraction of sp³-hybridized carbons (Fsp3) is 0.360. The predicted molar refractivity (Wildman–Crippen MR) is 137 cm³/mol. The Kier molecular flexibility index (Phi) is 7.32. The van der Waals surface area contributed by atoms with Gasteiger partial charge in [0.05, 0.1) is 10.6 Å². The Morgan fingerprint density at radius 3 is 2.57 bits per heavy atom. The molecule has 196 valence electrons. The number of nitrogens with one attached hydrogen (secondary N) is 2. The molecule has 0 atom stereocenters. The molecule has 0 spiro atoms. The first kappa shape index (κ1) is 26.3. The van der Waals surface area contributed by atoms with E-state index >= 15 is 0 Å². The number of carbonyl (C=O) groups is 1. The lowest BCUT2D eigenvalue weighted by molar-refractivity contribution is -0.385. The van der Waals surface area contributed by atoms with Gasteiger partial charge in [-0.2, -0.15) is 9.78 Å². The first-order chi connectivity index (χ1) is 17.5. The lowest BCUT2D eigenvalue weighted by atomic mass is 10.1. The first-order valence-corrected chi connectivity index (χ1v) is 13.4. The van der Waals surface area contributed by atoms with Crippen molar-refractivity contribution in [2.45, 2.75) is 57.9 Å². The third kappa shape index (κ3) is 5.49. The van der Waals surface area contributed by atoms with E-state index in [4.69, 9.17) is 4.74 Å². The number of nitro benzene ring substituents is 1. The van der Waals surface area contributed by atoms with Gasteiger partial charge in [0.1, 0.15) is 10.6 Å². The molecule has 0 unspecified atom stereocenters. The number of rotatable bonds is 10. The molecule has 4 rings (SSSR count). The van der Waals surface area contributed by atoms with Gasteiger partial charge in [0.15, 0.2) is 5.69 Å². The topological polar surface area (TPSA) is 145 Å². The van der Waals surface area contributed by atoms with E-state index in [9.17, 15) is 23.3 Å². The zero-order valence-corrected chi connectivity index (χ0v) is 21.9. The van der Waals surface area contributed by atoms with Crippen LogP contribution in [0.4, 0.5) is 5.69 Å². The van der Waals surface area contributed by atoms with Crippen molar-refractivity contribution in [2.24, 2.45) is 0 Å². The number of sulfonamides is 1. The molecule has 1 fully saturated rings. The largest absolute Gasteiger partial charge is 0.437 e. The number of aromatic nitrogens is 2. The monoisotopic (exact) mass is 527 g/mol. The van der Waals surface area contributed by atoms with Crippen LogP contribution >= 0.6 is 0 Å². The van der Waals surface area contributed by atoms with Crippen LogP contribution in [0.25, 0.3) is 5.69 Å². The quantitative estimate of drug-likeness (QED) is 0.298. The number of amides is 1. The van der Waals surface area contributed by atoms with E-state index < -0.39 is 20.6 Å². The van der Waals surface area contributed by atoms with E-state index in [0.29, 0.717) is 17.7 Å². The number of benzene rings is 2. The number of aryl methyl sites for hydroxylation is 1. The summed E-state index contributed by atoms with van der Waals surface area (Å²) in [6.45, 7) is 7.46. The summed E-state index contributed by atoms with van der Waals surface area (Å²) in [5, 5.41) is 18.9. The molecule has 11 nitrogen and oxygen atoms in total. The van der Waals surface area contributed by atoms with Crippen LogP contribution in [0.15, 0.2) is 41.3 Å². The number of carbonyl (C=O) groups excluding carboxylic acids is 1. The van der Waals surface area contributed by atoms with Crippen LogP contribution in [-0.4, -0.2) is 41.6 Å². The summed E-state index contributed by atoms with van der Waals surface area (Å²) >= 11 is 0. The highest BCUT2D eigenvalue weighted by Crippen LogP contribution is 2.36. The van der Waals surface area contributed by atoms with Crippen molar-refractivity contribution < 1.29 is 22.9 Å². The molecule has 1 aliphatic rings. The molecule has 1 aromatic heterocycles. The zero-order chi connectivity index (χ0) is 26.9. The van der Waals surface area contributed by atoms with Gasteiger partial charge in [-0.25, -0.2) is 13.1 Å². The molecule has 0 aliphatic heterocycles. The highest BCUT2D eigenvalue weighted by atomic mass is 32.2. The van der Waals surface area contributed by atoms with Gasteiger partial charge in [0, 0.05) is 30.3 Å². The van der Waals surface area contributed by atoms with Gasteiger partial charge in [-0.05, 0) is 63.3 Å². The third-order valence-electron chi connectivity index (χ3n) is 6.18. The number of non-ortho nitro benzene ring substituents is 1. The molecule has 37 heavy (non-hydrogen) atoms. The Hall–Kier alpha value is -3.77. The van der Waals surface area contributed by atoms with Crippen LogP contribution in [0, 0.1) is 30.9 Å². The smallest absolute Gasteiger partial charge is 0.272 e. The highest BCUT2D eigenvalue weighted by molar-refractivity contribution is 7.89. The number of hydrogen-bond acceptors (Lipinski definition) is 7. The average Bonchev–Trinajstić information content (AvgIpc) is 3.62. The van der Waals surface area contributed by atoms with Crippen molar-refractivity contribution in [1.29, 1.82) is 0 Å². The van der Waals surface area contributed by atoms with Gasteiger partial charge in [0.25, 0.3) is 11.6 Å². The van der Waals surface area contributed by atoms with Gasteiger partial charge in [0.2, 0.25) is 15.9 Å². The van der Waals surface area contributed by atoms with Crippen molar-refractivity contribution in [3.8, 4) is 17.3 Å². The van der Waals surface area contributed by atoms with Crippen LogP contribution in [0.2, 0.25) is 0 Å². The normalized spacial score (nSPS) is 13.4. The maximum absolute atomic E-state index is 13.1. The van der Waals surface area contributed by atoms with Crippen molar-refractivity contribution in [3.63, 3.8) is 0 Å². The minimum Gasteiger partial charge on any atom is -0.437 e. The minimum absolute atomic E-state index is 0.109. The van der Waals surface area contributed by atoms with E-state index in [2.05, 4.69) is 15.1 Å². The van der Waals surface area contributed by atoms with Crippen LogP contribution < -0.4 is 14.8 Å². The summed E-state index contributed by atoms with van der Waals surface area (Å²) in [5.74, 6) is -0.344. The number of hydrogen-bond donors (Lipinski definition) is 2. The van der Waals surface area contributed by atoms with Crippen LogP contribution in [-0.2, 0) is 10.0 Å². The van der Waals surface area contributed by atoms with Crippen LogP contribution in [0.3, 0.4) is 0 Å². The molecule has 0 saturated heterocycles. The molecule has 1 saturated carbocycles. The predicted octanol–water partition coefficient (Wildman–Crippen LogP) is 4.08. The molecule has 3 aromatic rings. The molecule has 1 aliphatic carbocycles. The second-order valence-electron chi connectivity index (χ2n) is 9.05. The number of nitrogens with zero attached hydrogens (tertiary/aromatic N) is 3. The summed E-state index contributed by atoms with van der Waals surface area (Å²) in [4.78, 5) is 23.3. The van der Waals surface area contributed by atoms with Crippen molar-refractivity contribution in [3.05, 3.63) is 68.9 Å². The summed E-state index contributed by atoms with van der Waals surface area (Å²) in [6, 6.07) is 9.09. The van der Waals surface area contributed by atoms with Gasteiger partial charge in [-0.3, -0.25) is 14.9 Å². The Bertz CT molecular complexity index is 1480. The fourth-order valence-corrected chi connectivity index (χ4v) is 5.03. The van der Waals surface area contributed by atoms with E-state index in [1.54, 1.807) is 13.8 Å². The van der Waals surface area contributed by atoms with Gasteiger partial charge in [-0.1, -0.05) is 19.1 Å². The molecular weight excluding hydrogens is 498 g/mol. The van der Waals surface area contributed by atoms with Crippen molar-refractivity contribution >= 4 is 21.6 Å². The van der Waals surface area contributed by atoms with Gasteiger partial charge in [-0.15, -0.1) is 0 Å². The summed E-state index contributed by atoms with van der Waals surface area (Å²) < 4.78 is 36.2. The van der Waals surface area contributed by atoms with E-state index in [-0.39, 0.29) is 40.7 Å². The molecule has 0 bridgehead atoms. The summed E-state index contributed by atoms with van der Waals surface area (Å²) in [5.41, 5.74) is 2.70. The average molecular weight is 528 g/mol. The SMILES string of the molecule is CCCNS(=O)(=O)c1cc([N+](=O)[O-])ccc1Oc1c(C)c(C(=O)NC2CC2)nn1-c1cccc(C)c1C. The third-order valence-corrected chi connectivity index (χ3v) is 7.66. The zero-order valence-electron chi connectivity index (χ0n) is 21.1. The number of ether oxygens (including phenoxy) is 1. The lowest BCUT2D eigenvalue weighted by Crippen LogP contribution is -2.26. The second kappa shape index (κ2) is 10.3. The van der Waals surface area contributed by atoms with Crippen LogP contribution in [0.1, 0.15) is 53.4 Å². The first-order valence-electron chi connectivity index (χ1n) is 12.0. The van der Waals surface area contributed by atoms with Gasteiger partial charge >= 0.3 is 0 Å². The standard InChI is InChI=1S/C25H29N5O6S/c1-5-13-26-37(34,35)22-14-19(30(32)33)11-12-21(22)36-25-17(4)23(24(31)27-18-9-10-18)28-29(25)20-8-6-7-15(2)16(20)3/h6-8,11-12,14,18,26H,5,9-10,13H2,1-4H3,(H,27,31). The molecule has 2 aromatic carbocycles. The Labute approximate surface area is 215 Å². The van der Waals surface area contributed by atoms with Crippen molar-refractivity contribution in [1.82, 2.24) is 19.8 Å². The summed E-state index contributed by atoms with van der Waals surface area (Å²) in [6.07, 6.45) is 2.34. The second-order valence-corrected chi connectivity index (χ2v) is 10.8. The lowest BCUT2D eigenvalue weighted by Gasteiger charge is -2.15. The maximum Gasteiger partial charge on any atom is 0.272 e. The molecule has 12 heteroatoms. The maximum atomic E-state index is 13.1. The molecular formula is C25H29N5O6S. The molecule has 1 heterocycles. The van der Waals surface area contributed by atoms with Crippen molar-refractivity contribution in [2.75, 3.05) is 6.54 Å². The Morgan fingerprint density at radius 2 is 1.92 bits per heavy atom. The summed E-state index contributed by atoms with van der Waals surface area (Å²) in [7, 11) is -4.14. The molecule has 2 N–H and O–H groups in total. The highest BCUT2D eigenvalue weighted by Gasteiger charge is 2.30. The van der Waals surface area contributed by atoms with Gasteiger partial charge < -0.3 is 10.1 Å². The van der Waals surface area contributed by atoms with Crippen LogP contribution in [0.5, 0.6) is 11.6 Å². The fourth-order valence-electron chi connectivity index (χ4n) is 3.75. The minimum atomic E-state index is -4.14. The Morgan fingerprint density at radius 1 is 1.19 bits per heavy atom.